The van der Waals surface area contributed by atoms with E-state index in [0.29, 0.717) is 18.7 Å². The van der Waals surface area contributed by atoms with Crippen molar-refractivity contribution >= 4 is 16.9 Å². The number of ether oxygens (including phenoxy) is 2. The number of carbonyl (C=O) groups is 1. The molecule has 0 bridgehead atoms. The molecule has 3 aromatic rings. The average molecular weight is 423 g/mol. The molecule has 31 heavy (non-hydrogen) atoms. The molecule has 4 rings (SSSR count). The second-order valence-electron chi connectivity index (χ2n) is 7.82. The van der Waals surface area contributed by atoms with E-state index in [1.807, 2.05) is 49.4 Å². The summed E-state index contributed by atoms with van der Waals surface area (Å²) in [6, 6.07) is 15.9. The Morgan fingerprint density at radius 3 is 2.68 bits per heavy atom. The van der Waals surface area contributed by atoms with Crippen LogP contribution in [0.4, 0.5) is 0 Å². The number of aryl methyl sites for hydroxylation is 1. The summed E-state index contributed by atoms with van der Waals surface area (Å²) >= 11 is 0. The van der Waals surface area contributed by atoms with Gasteiger partial charge in [-0.3, -0.25) is 9.69 Å². The number of rotatable bonds is 9. The van der Waals surface area contributed by atoms with Crippen molar-refractivity contribution in [2.45, 2.75) is 19.9 Å². The summed E-state index contributed by atoms with van der Waals surface area (Å²) in [5.74, 6) is 1.57. The Kier molecular flexibility index (Phi) is 7.17. The molecule has 0 saturated carbocycles. The molecule has 1 N–H and O–H groups in total. The molecule has 2 heterocycles. The topological polar surface area (TPSA) is 68.6 Å². The highest BCUT2D eigenvalue weighted by molar-refractivity contribution is 5.77. The van der Waals surface area contributed by atoms with E-state index in [0.717, 1.165) is 61.8 Å². The first-order valence-electron chi connectivity index (χ1n) is 10.9. The average Bonchev–Trinajstić information content (AvgIpc) is 3.15. The number of hydrogen-bond donors (Lipinski definition) is 1. The maximum atomic E-state index is 12.2. The van der Waals surface area contributed by atoms with Crippen LogP contribution in [-0.4, -0.2) is 66.4 Å². The van der Waals surface area contributed by atoms with E-state index in [1.54, 1.807) is 0 Å². The fourth-order valence-electron chi connectivity index (χ4n) is 3.78. The lowest BCUT2D eigenvalue weighted by molar-refractivity contribution is -0.123. The molecular formula is C24H30N4O3. The molecule has 1 fully saturated rings. The van der Waals surface area contributed by atoms with Gasteiger partial charge in [-0.1, -0.05) is 29.8 Å². The highest BCUT2D eigenvalue weighted by Gasteiger charge is 2.14. The molecule has 1 aliphatic heterocycles. The molecule has 1 aromatic heterocycles. The molecule has 7 heteroatoms. The lowest BCUT2D eigenvalue weighted by Gasteiger charge is -2.27. The van der Waals surface area contributed by atoms with Crippen LogP contribution in [0, 0.1) is 6.92 Å². The van der Waals surface area contributed by atoms with Crippen LogP contribution in [0.5, 0.6) is 5.75 Å². The molecule has 0 atom stereocenters. The van der Waals surface area contributed by atoms with Gasteiger partial charge in [-0.05, 0) is 31.2 Å². The Morgan fingerprint density at radius 1 is 1.10 bits per heavy atom. The summed E-state index contributed by atoms with van der Waals surface area (Å²) in [6.45, 7) is 7.94. The van der Waals surface area contributed by atoms with E-state index in [-0.39, 0.29) is 12.5 Å². The molecule has 0 unspecified atom stereocenters. The van der Waals surface area contributed by atoms with E-state index in [2.05, 4.69) is 20.9 Å². The summed E-state index contributed by atoms with van der Waals surface area (Å²) < 4.78 is 13.3. The van der Waals surface area contributed by atoms with Gasteiger partial charge in [0.25, 0.3) is 5.91 Å². The van der Waals surface area contributed by atoms with Crippen LogP contribution >= 0.6 is 0 Å². The Hall–Kier alpha value is -2.90. The van der Waals surface area contributed by atoms with Crippen molar-refractivity contribution in [2.24, 2.45) is 0 Å². The number of hydrogen-bond acceptors (Lipinski definition) is 5. The maximum absolute atomic E-state index is 12.2. The van der Waals surface area contributed by atoms with Gasteiger partial charge in [0, 0.05) is 39.1 Å². The molecule has 1 aliphatic rings. The third kappa shape index (κ3) is 5.83. The first-order chi connectivity index (χ1) is 15.2. The minimum absolute atomic E-state index is 0.0104. The monoisotopic (exact) mass is 422 g/mol. The van der Waals surface area contributed by atoms with Crippen LogP contribution in [0.1, 0.15) is 11.4 Å². The quantitative estimate of drug-likeness (QED) is 0.574. The van der Waals surface area contributed by atoms with Gasteiger partial charge < -0.3 is 19.4 Å². The zero-order valence-electron chi connectivity index (χ0n) is 18.0. The van der Waals surface area contributed by atoms with Gasteiger partial charge in [0.15, 0.2) is 6.61 Å². The molecule has 0 radical (unpaired) electrons. The fraction of sp³-hybridized carbons (Fsp3) is 0.417. The van der Waals surface area contributed by atoms with Crippen molar-refractivity contribution in [3.8, 4) is 5.75 Å². The summed E-state index contributed by atoms with van der Waals surface area (Å²) in [7, 11) is 0. The minimum atomic E-state index is -0.128. The molecule has 0 aliphatic carbocycles. The van der Waals surface area contributed by atoms with Crippen LogP contribution < -0.4 is 10.1 Å². The largest absolute Gasteiger partial charge is 0.484 e. The number of carbonyl (C=O) groups excluding carboxylic acids is 1. The van der Waals surface area contributed by atoms with Gasteiger partial charge in [-0.25, -0.2) is 4.98 Å². The van der Waals surface area contributed by atoms with Crippen LogP contribution in [0.25, 0.3) is 11.0 Å². The molecular weight excluding hydrogens is 392 g/mol. The number of nitrogens with one attached hydrogen (secondary N) is 1. The number of fused-ring (bicyclic) bond motifs is 1. The lowest BCUT2D eigenvalue weighted by Crippen LogP contribution is -2.38. The van der Waals surface area contributed by atoms with Gasteiger partial charge in [-0.15, -0.1) is 0 Å². The van der Waals surface area contributed by atoms with Crippen molar-refractivity contribution in [3.05, 3.63) is 59.9 Å². The second kappa shape index (κ2) is 10.4. The number of benzene rings is 2. The summed E-state index contributed by atoms with van der Waals surface area (Å²) in [6.07, 6.45) is 0.675. The Bertz CT molecular complexity index is 994. The lowest BCUT2D eigenvalue weighted by atomic mass is 10.2. The standard InChI is InChI=1S/C24H30N4O3/c1-19-6-8-20(9-7-19)31-18-24(29)25-11-10-23-26-21-4-2-3-5-22(21)28(23)13-12-27-14-16-30-17-15-27/h2-9H,10-18H2,1H3,(H,25,29). The van der Waals surface area contributed by atoms with E-state index in [1.165, 1.54) is 0 Å². The van der Waals surface area contributed by atoms with Crippen molar-refractivity contribution < 1.29 is 14.3 Å². The number of amides is 1. The fourth-order valence-corrected chi connectivity index (χ4v) is 3.78. The van der Waals surface area contributed by atoms with Gasteiger partial charge in [0.05, 0.1) is 24.2 Å². The first-order valence-corrected chi connectivity index (χ1v) is 10.9. The predicted molar refractivity (Wildman–Crippen MR) is 120 cm³/mol. The highest BCUT2D eigenvalue weighted by Crippen LogP contribution is 2.17. The maximum Gasteiger partial charge on any atom is 0.257 e. The summed E-state index contributed by atoms with van der Waals surface area (Å²) in [4.78, 5) is 19.4. The van der Waals surface area contributed by atoms with Crippen molar-refractivity contribution in [3.63, 3.8) is 0 Å². The van der Waals surface area contributed by atoms with E-state index in [9.17, 15) is 4.79 Å². The Balaban J connectivity index is 1.31. The van der Waals surface area contributed by atoms with Crippen LogP contribution in [-0.2, 0) is 22.5 Å². The van der Waals surface area contributed by atoms with E-state index >= 15 is 0 Å². The smallest absolute Gasteiger partial charge is 0.257 e. The van der Waals surface area contributed by atoms with Gasteiger partial charge in [0.1, 0.15) is 11.6 Å². The van der Waals surface area contributed by atoms with Crippen molar-refractivity contribution in [1.82, 2.24) is 19.8 Å². The Labute approximate surface area is 183 Å². The van der Waals surface area contributed by atoms with E-state index in [4.69, 9.17) is 14.5 Å². The number of aromatic nitrogens is 2. The SMILES string of the molecule is Cc1ccc(OCC(=O)NCCc2nc3ccccc3n2CCN2CCOCC2)cc1. The number of nitrogens with zero attached hydrogens (tertiary/aromatic N) is 3. The molecule has 7 nitrogen and oxygen atoms in total. The number of para-hydroxylation sites is 2. The van der Waals surface area contributed by atoms with Crippen molar-refractivity contribution in [2.75, 3.05) is 46.0 Å². The zero-order valence-corrected chi connectivity index (χ0v) is 18.0. The molecule has 164 valence electrons. The van der Waals surface area contributed by atoms with Crippen LogP contribution in [0.2, 0.25) is 0 Å². The third-order valence-corrected chi connectivity index (χ3v) is 5.54. The summed E-state index contributed by atoms with van der Waals surface area (Å²) in [5.41, 5.74) is 3.29. The second-order valence-corrected chi connectivity index (χ2v) is 7.82. The third-order valence-electron chi connectivity index (χ3n) is 5.54. The molecule has 0 spiro atoms. The molecule has 1 amide bonds. The Morgan fingerprint density at radius 2 is 1.87 bits per heavy atom. The summed E-state index contributed by atoms with van der Waals surface area (Å²) in [5, 5.41) is 2.95. The van der Waals surface area contributed by atoms with Crippen LogP contribution in [0.3, 0.4) is 0 Å². The zero-order chi connectivity index (χ0) is 21.5. The predicted octanol–water partition coefficient (Wildman–Crippen LogP) is 2.41. The van der Waals surface area contributed by atoms with E-state index < -0.39 is 0 Å². The first kappa shape index (κ1) is 21.3. The highest BCUT2D eigenvalue weighted by atomic mass is 16.5. The van der Waals surface area contributed by atoms with Gasteiger partial charge in [0.2, 0.25) is 0 Å². The molecule has 1 saturated heterocycles. The normalized spacial score (nSPS) is 14.6. The minimum Gasteiger partial charge on any atom is -0.484 e. The number of imidazole rings is 1. The van der Waals surface area contributed by atoms with Gasteiger partial charge >= 0.3 is 0 Å². The van der Waals surface area contributed by atoms with Crippen molar-refractivity contribution in [1.29, 1.82) is 0 Å². The molecule has 2 aromatic carbocycles. The van der Waals surface area contributed by atoms with Crippen LogP contribution in [0.15, 0.2) is 48.5 Å². The van der Waals surface area contributed by atoms with Gasteiger partial charge in [-0.2, -0.15) is 0 Å². The number of morpholine rings is 1.